The van der Waals surface area contributed by atoms with Crippen molar-refractivity contribution >= 4 is 11.8 Å². The predicted octanol–water partition coefficient (Wildman–Crippen LogP) is 4.31. The Morgan fingerprint density at radius 2 is 1.34 bits per heavy atom. The Kier molecular flexibility index (Phi) is 10.9. The third-order valence-electron chi connectivity index (χ3n) is 5.64. The average Bonchev–Trinajstić information content (AvgIpc) is 2.80. The van der Waals surface area contributed by atoms with E-state index in [2.05, 4.69) is 60.9 Å². The van der Waals surface area contributed by atoms with Crippen molar-refractivity contribution in [1.29, 1.82) is 0 Å². The Bertz CT molecular complexity index is 819. The number of nitrogens with one attached hydrogen (secondary N) is 2. The molecule has 0 aliphatic rings. The van der Waals surface area contributed by atoms with E-state index in [1.165, 1.54) is 11.1 Å². The number of hydrogen-bond donors (Lipinski definition) is 3. The van der Waals surface area contributed by atoms with Gasteiger partial charge in [-0.05, 0) is 54.7 Å². The van der Waals surface area contributed by atoms with E-state index in [9.17, 15) is 9.59 Å². The van der Waals surface area contributed by atoms with Crippen molar-refractivity contribution in [2.75, 3.05) is 13.1 Å². The Morgan fingerprint density at radius 1 is 0.781 bits per heavy atom. The van der Waals surface area contributed by atoms with Crippen molar-refractivity contribution in [2.24, 2.45) is 17.6 Å². The largest absolute Gasteiger partial charge is 0.356 e. The molecule has 2 rings (SSSR count). The highest BCUT2D eigenvalue weighted by atomic mass is 16.2. The SMILES string of the molecule is CC(C)CCCNC(=O)[C@H](N)CCCNC(=O)[C@@H](C)Cc1ccc(-c2ccccc2)cc1. The highest BCUT2D eigenvalue weighted by molar-refractivity contribution is 5.81. The van der Waals surface area contributed by atoms with Gasteiger partial charge in [0.25, 0.3) is 0 Å². The second-order valence-corrected chi connectivity index (χ2v) is 9.03. The van der Waals surface area contributed by atoms with Crippen LogP contribution in [0.3, 0.4) is 0 Å². The molecule has 5 heteroatoms. The molecule has 0 unspecified atom stereocenters. The maximum atomic E-state index is 12.4. The molecule has 174 valence electrons. The Labute approximate surface area is 193 Å². The van der Waals surface area contributed by atoms with Crippen LogP contribution in [0, 0.1) is 11.8 Å². The topological polar surface area (TPSA) is 84.2 Å². The fourth-order valence-electron chi connectivity index (χ4n) is 3.60. The maximum Gasteiger partial charge on any atom is 0.236 e. The minimum absolute atomic E-state index is 0.0313. The average molecular weight is 438 g/mol. The molecule has 0 aromatic heterocycles. The molecule has 32 heavy (non-hydrogen) atoms. The van der Waals surface area contributed by atoms with Gasteiger partial charge in [0.15, 0.2) is 0 Å². The number of nitrogens with two attached hydrogens (primary N) is 1. The molecule has 0 bridgehead atoms. The van der Waals surface area contributed by atoms with Crippen LogP contribution in [0.5, 0.6) is 0 Å². The van der Waals surface area contributed by atoms with Crippen molar-refractivity contribution < 1.29 is 9.59 Å². The second-order valence-electron chi connectivity index (χ2n) is 9.03. The fourth-order valence-corrected chi connectivity index (χ4v) is 3.60. The molecule has 0 aliphatic heterocycles. The van der Waals surface area contributed by atoms with Crippen molar-refractivity contribution in [3.8, 4) is 11.1 Å². The summed E-state index contributed by atoms with van der Waals surface area (Å²) in [6.07, 6.45) is 4.01. The molecule has 0 heterocycles. The van der Waals surface area contributed by atoms with Gasteiger partial charge in [-0.1, -0.05) is 75.4 Å². The van der Waals surface area contributed by atoms with Crippen LogP contribution >= 0.6 is 0 Å². The highest BCUT2D eigenvalue weighted by Crippen LogP contribution is 2.20. The first-order valence-corrected chi connectivity index (χ1v) is 11.8. The van der Waals surface area contributed by atoms with E-state index in [0.29, 0.717) is 38.3 Å². The smallest absolute Gasteiger partial charge is 0.236 e. The summed E-state index contributed by atoms with van der Waals surface area (Å²) in [5, 5.41) is 5.87. The van der Waals surface area contributed by atoms with Gasteiger partial charge in [0, 0.05) is 19.0 Å². The van der Waals surface area contributed by atoms with Gasteiger partial charge in [0.2, 0.25) is 11.8 Å². The Balaban J connectivity index is 1.65. The van der Waals surface area contributed by atoms with E-state index < -0.39 is 6.04 Å². The van der Waals surface area contributed by atoms with Crippen LogP contribution in [0.1, 0.15) is 52.0 Å². The van der Waals surface area contributed by atoms with Crippen LogP contribution in [-0.4, -0.2) is 30.9 Å². The summed E-state index contributed by atoms with van der Waals surface area (Å²) in [6.45, 7) is 7.49. The first-order valence-electron chi connectivity index (χ1n) is 11.8. The lowest BCUT2D eigenvalue weighted by molar-refractivity contribution is -0.124. The summed E-state index contributed by atoms with van der Waals surface area (Å²) in [6, 6.07) is 18.1. The molecule has 4 N–H and O–H groups in total. The van der Waals surface area contributed by atoms with E-state index in [-0.39, 0.29) is 17.7 Å². The van der Waals surface area contributed by atoms with Crippen molar-refractivity contribution in [3.63, 3.8) is 0 Å². The third-order valence-corrected chi connectivity index (χ3v) is 5.64. The van der Waals surface area contributed by atoms with Gasteiger partial charge in [-0.2, -0.15) is 0 Å². The van der Waals surface area contributed by atoms with E-state index in [0.717, 1.165) is 18.4 Å². The molecular weight excluding hydrogens is 398 g/mol. The summed E-state index contributed by atoms with van der Waals surface area (Å²) in [7, 11) is 0. The minimum atomic E-state index is -0.522. The molecule has 2 aromatic carbocycles. The minimum Gasteiger partial charge on any atom is -0.356 e. The number of carbonyl (C=O) groups is 2. The van der Waals surface area contributed by atoms with Gasteiger partial charge in [0.05, 0.1) is 6.04 Å². The molecule has 5 nitrogen and oxygen atoms in total. The van der Waals surface area contributed by atoms with Crippen molar-refractivity contribution in [2.45, 2.75) is 58.9 Å². The molecule has 0 saturated heterocycles. The first-order chi connectivity index (χ1) is 15.4. The van der Waals surface area contributed by atoms with Crippen LogP contribution in [-0.2, 0) is 16.0 Å². The molecule has 2 atom stereocenters. The van der Waals surface area contributed by atoms with Crippen LogP contribution in [0.4, 0.5) is 0 Å². The highest BCUT2D eigenvalue weighted by Gasteiger charge is 2.15. The summed E-state index contributed by atoms with van der Waals surface area (Å²) in [4.78, 5) is 24.4. The normalized spacial score (nSPS) is 12.9. The summed E-state index contributed by atoms with van der Waals surface area (Å²) < 4.78 is 0. The lowest BCUT2D eigenvalue weighted by Gasteiger charge is -2.15. The van der Waals surface area contributed by atoms with Crippen LogP contribution in [0.25, 0.3) is 11.1 Å². The molecule has 2 amide bonds. The van der Waals surface area contributed by atoms with Gasteiger partial charge in [-0.15, -0.1) is 0 Å². The van der Waals surface area contributed by atoms with Crippen molar-refractivity contribution in [1.82, 2.24) is 10.6 Å². The summed E-state index contributed by atoms with van der Waals surface area (Å²) >= 11 is 0. The number of carbonyl (C=O) groups excluding carboxylic acids is 2. The molecule has 0 saturated carbocycles. The van der Waals surface area contributed by atoms with Gasteiger partial charge < -0.3 is 16.4 Å². The molecule has 0 fully saturated rings. The number of benzene rings is 2. The molecule has 0 spiro atoms. The van der Waals surface area contributed by atoms with Crippen LogP contribution in [0.2, 0.25) is 0 Å². The lowest BCUT2D eigenvalue weighted by Crippen LogP contribution is -2.41. The first kappa shape index (κ1) is 25.6. The maximum absolute atomic E-state index is 12.4. The molecule has 0 aliphatic carbocycles. The van der Waals surface area contributed by atoms with Gasteiger partial charge in [-0.3, -0.25) is 9.59 Å². The monoisotopic (exact) mass is 437 g/mol. The van der Waals surface area contributed by atoms with Gasteiger partial charge >= 0.3 is 0 Å². The summed E-state index contributed by atoms with van der Waals surface area (Å²) in [5.74, 6) is 0.451. The van der Waals surface area contributed by atoms with Crippen LogP contribution < -0.4 is 16.4 Å². The van der Waals surface area contributed by atoms with Gasteiger partial charge in [-0.25, -0.2) is 0 Å². The zero-order valence-corrected chi connectivity index (χ0v) is 19.8. The third kappa shape index (κ3) is 9.23. The van der Waals surface area contributed by atoms with E-state index in [1.807, 2.05) is 25.1 Å². The number of amides is 2. The van der Waals surface area contributed by atoms with Crippen molar-refractivity contribution in [3.05, 3.63) is 60.2 Å². The quantitative estimate of drug-likeness (QED) is 0.408. The second kappa shape index (κ2) is 13.7. The van der Waals surface area contributed by atoms with Gasteiger partial charge in [0.1, 0.15) is 0 Å². The van der Waals surface area contributed by atoms with E-state index >= 15 is 0 Å². The zero-order valence-electron chi connectivity index (χ0n) is 19.8. The van der Waals surface area contributed by atoms with E-state index in [4.69, 9.17) is 5.73 Å². The standard InChI is InChI=1S/C27H39N3O2/c1-20(2)9-7-17-30-27(32)25(28)12-8-18-29-26(31)21(3)19-22-13-15-24(16-14-22)23-10-5-4-6-11-23/h4-6,10-11,13-16,20-21,25H,7-9,12,17-19,28H2,1-3H3,(H,29,31)(H,30,32)/t21-,25+/m0/s1. The zero-order chi connectivity index (χ0) is 23.3. The summed E-state index contributed by atoms with van der Waals surface area (Å²) in [5.41, 5.74) is 9.47. The predicted molar refractivity (Wildman–Crippen MR) is 132 cm³/mol. The fraction of sp³-hybridized carbons (Fsp3) is 0.481. The molecule has 0 radical (unpaired) electrons. The Morgan fingerprint density at radius 3 is 1.97 bits per heavy atom. The molecular formula is C27H39N3O2. The number of hydrogen-bond acceptors (Lipinski definition) is 3. The molecule has 2 aromatic rings. The number of rotatable bonds is 13. The Hall–Kier alpha value is -2.66. The van der Waals surface area contributed by atoms with E-state index in [1.54, 1.807) is 0 Å². The van der Waals surface area contributed by atoms with Crippen LogP contribution in [0.15, 0.2) is 54.6 Å². The lowest BCUT2D eigenvalue weighted by atomic mass is 9.97.